The van der Waals surface area contributed by atoms with E-state index in [-0.39, 0.29) is 18.0 Å². The molecule has 4 nitrogen and oxygen atoms in total. The lowest BCUT2D eigenvalue weighted by atomic mass is 10.2. The molecule has 1 aromatic rings. The highest BCUT2D eigenvalue weighted by Gasteiger charge is 2.19. The number of hydrogen-bond acceptors (Lipinski definition) is 3. The Morgan fingerprint density at radius 2 is 2.25 bits per heavy atom. The molecular formula is C9H10ClF2N3O. The fourth-order valence-electron chi connectivity index (χ4n) is 1.14. The number of carbonyl (C=O) groups is 1. The number of rotatable bonds is 5. The topological polar surface area (TPSA) is 46.1 Å². The van der Waals surface area contributed by atoms with Gasteiger partial charge in [-0.15, -0.1) is 11.6 Å². The first-order valence-electron chi connectivity index (χ1n) is 4.55. The summed E-state index contributed by atoms with van der Waals surface area (Å²) in [5, 5.41) is 7.01. The van der Waals surface area contributed by atoms with Crippen LogP contribution in [0.4, 0.5) is 8.78 Å². The average Bonchev–Trinajstić information content (AvgIpc) is 2.28. The van der Waals surface area contributed by atoms with E-state index in [0.717, 1.165) is 4.90 Å². The van der Waals surface area contributed by atoms with Crippen LogP contribution in [0.2, 0.25) is 0 Å². The van der Waals surface area contributed by atoms with E-state index in [1.165, 1.54) is 18.5 Å². The number of amides is 1. The van der Waals surface area contributed by atoms with Crippen LogP contribution in [0.15, 0.2) is 18.5 Å². The van der Waals surface area contributed by atoms with Crippen LogP contribution in [0, 0.1) is 0 Å². The first-order chi connectivity index (χ1) is 7.65. The van der Waals surface area contributed by atoms with E-state index in [2.05, 4.69) is 10.2 Å². The van der Waals surface area contributed by atoms with Crippen molar-refractivity contribution in [1.29, 1.82) is 0 Å². The van der Waals surface area contributed by atoms with Crippen molar-refractivity contribution >= 4 is 17.5 Å². The van der Waals surface area contributed by atoms with Gasteiger partial charge in [-0.25, -0.2) is 8.78 Å². The Bertz CT molecular complexity index is 337. The van der Waals surface area contributed by atoms with Gasteiger partial charge < -0.3 is 4.90 Å². The Morgan fingerprint density at radius 3 is 2.75 bits per heavy atom. The van der Waals surface area contributed by atoms with Crippen LogP contribution in [0.1, 0.15) is 10.4 Å². The van der Waals surface area contributed by atoms with Crippen molar-refractivity contribution in [3.05, 3.63) is 24.0 Å². The molecule has 0 N–H and O–H groups in total. The lowest BCUT2D eigenvalue weighted by Crippen LogP contribution is -2.36. The Balaban J connectivity index is 2.74. The fourth-order valence-corrected chi connectivity index (χ4v) is 1.35. The number of aromatic nitrogens is 2. The molecule has 0 saturated heterocycles. The zero-order valence-corrected chi connectivity index (χ0v) is 9.07. The SMILES string of the molecule is O=C(c1ccnnc1)N(CCCl)CC(F)F. The number of halogens is 3. The zero-order chi connectivity index (χ0) is 12.0. The molecule has 0 spiro atoms. The van der Waals surface area contributed by atoms with Gasteiger partial charge >= 0.3 is 0 Å². The van der Waals surface area contributed by atoms with E-state index in [9.17, 15) is 13.6 Å². The summed E-state index contributed by atoms with van der Waals surface area (Å²) in [6.45, 7) is -0.555. The molecule has 16 heavy (non-hydrogen) atoms. The molecule has 0 bridgehead atoms. The van der Waals surface area contributed by atoms with Gasteiger partial charge in [0.15, 0.2) is 0 Å². The van der Waals surface area contributed by atoms with E-state index in [0.29, 0.717) is 0 Å². The predicted molar refractivity (Wildman–Crippen MR) is 54.7 cm³/mol. The van der Waals surface area contributed by atoms with E-state index in [4.69, 9.17) is 11.6 Å². The summed E-state index contributed by atoms with van der Waals surface area (Å²) in [6.07, 6.45) is -0.0225. The minimum Gasteiger partial charge on any atom is -0.332 e. The minimum atomic E-state index is -2.58. The van der Waals surface area contributed by atoms with Gasteiger partial charge in [-0.05, 0) is 6.07 Å². The summed E-state index contributed by atoms with van der Waals surface area (Å²) in [6, 6.07) is 1.42. The highest BCUT2D eigenvalue weighted by atomic mass is 35.5. The van der Waals surface area contributed by atoms with Crippen molar-refractivity contribution in [2.24, 2.45) is 0 Å². The number of alkyl halides is 3. The minimum absolute atomic E-state index is 0.0764. The lowest BCUT2D eigenvalue weighted by Gasteiger charge is -2.20. The number of nitrogens with zero attached hydrogens (tertiary/aromatic N) is 3. The first-order valence-corrected chi connectivity index (χ1v) is 5.08. The summed E-state index contributed by atoms with van der Waals surface area (Å²) in [7, 11) is 0. The van der Waals surface area contributed by atoms with Gasteiger partial charge in [-0.1, -0.05) is 0 Å². The molecule has 0 atom stereocenters. The van der Waals surface area contributed by atoms with Crippen molar-refractivity contribution in [3.63, 3.8) is 0 Å². The maximum Gasteiger partial charge on any atom is 0.255 e. The average molecular weight is 250 g/mol. The second kappa shape index (κ2) is 6.32. The Morgan fingerprint density at radius 1 is 1.50 bits per heavy atom. The molecule has 0 unspecified atom stereocenters. The van der Waals surface area contributed by atoms with Crippen LogP contribution in [0.5, 0.6) is 0 Å². The predicted octanol–water partition coefficient (Wildman–Crippen LogP) is 1.42. The van der Waals surface area contributed by atoms with Crippen molar-refractivity contribution in [1.82, 2.24) is 15.1 Å². The van der Waals surface area contributed by atoms with Crippen molar-refractivity contribution in [2.45, 2.75) is 6.43 Å². The van der Waals surface area contributed by atoms with Gasteiger partial charge in [0.1, 0.15) is 0 Å². The largest absolute Gasteiger partial charge is 0.332 e. The molecule has 1 rings (SSSR count). The van der Waals surface area contributed by atoms with Crippen LogP contribution in [-0.2, 0) is 0 Å². The molecule has 0 aromatic carbocycles. The van der Waals surface area contributed by atoms with Gasteiger partial charge in [0.05, 0.1) is 24.5 Å². The Kier molecular flexibility index (Phi) is 5.04. The molecule has 1 amide bonds. The van der Waals surface area contributed by atoms with Gasteiger partial charge in [0.25, 0.3) is 12.3 Å². The van der Waals surface area contributed by atoms with Crippen LogP contribution in [-0.4, -0.2) is 46.4 Å². The molecule has 0 aliphatic heterocycles. The quantitative estimate of drug-likeness (QED) is 0.742. The molecule has 88 valence electrons. The van der Waals surface area contributed by atoms with E-state index < -0.39 is 18.9 Å². The van der Waals surface area contributed by atoms with Gasteiger partial charge in [0.2, 0.25) is 0 Å². The molecule has 7 heteroatoms. The summed E-state index contributed by atoms with van der Waals surface area (Å²) < 4.78 is 24.4. The highest BCUT2D eigenvalue weighted by molar-refractivity contribution is 6.18. The number of hydrogen-bond donors (Lipinski definition) is 0. The molecule has 0 radical (unpaired) electrons. The zero-order valence-electron chi connectivity index (χ0n) is 8.31. The van der Waals surface area contributed by atoms with Crippen molar-refractivity contribution in [3.8, 4) is 0 Å². The third-order valence-electron chi connectivity index (χ3n) is 1.83. The van der Waals surface area contributed by atoms with Crippen molar-refractivity contribution < 1.29 is 13.6 Å². The van der Waals surface area contributed by atoms with E-state index in [1.54, 1.807) is 0 Å². The summed E-state index contributed by atoms with van der Waals surface area (Å²) in [5.41, 5.74) is 0.223. The first kappa shape index (κ1) is 12.8. The van der Waals surface area contributed by atoms with Gasteiger partial charge in [0, 0.05) is 12.4 Å². The summed E-state index contributed by atoms with van der Waals surface area (Å²) in [5.74, 6) is -0.410. The highest BCUT2D eigenvalue weighted by Crippen LogP contribution is 2.06. The Hall–Kier alpha value is -1.30. The fraction of sp³-hybridized carbons (Fsp3) is 0.444. The molecule has 0 fully saturated rings. The van der Waals surface area contributed by atoms with E-state index in [1.807, 2.05) is 0 Å². The summed E-state index contributed by atoms with van der Waals surface area (Å²) in [4.78, 5) is 12.7. The van der Waals surface area contributed by atoms with Crippen LogP contribution in [0.25, 0.3) is 0 Å². The van der Waals surface area contributed by atoms with Gasteiger partial charge in [-0.3, -0.25) is 4.79 Å². The van der Waals surface area contributed by atoms with Crippen LogP contribution in [0.3, 0.4) is 0 Å². The van der Waals surface area contributed by atoms with Crippen LogP contribution < -0.4 is 0 Å². The lowest BCUT2D eigenvalue weighted by molar-refractivity contribution is 0.0570. The monoisotopic (exact) mass is 249 g/mol. The molecular weight excluding hydrogens is 240 g/mol. The van der Waals surface area contributed by atoms with Crippen molar-refractivity contribution in [2.75, 3.05) is 19.0 Å². The normalized spacial score (nSPS) is 10.5. The van der Waals surface area contributed by atoms with Crippen LogP contribution >= 0.6 is 11.6 Å². The molecule has 0 saturated carbocycles. The number of carbonyl (C=O) groups excluding carboxylic acids is 1. The smallest absolute Gasteiger partial charge is 0.255 e. The Labute approximate surface area is 96.2 Å². The third-order valence-corrected chi connectivity index (χ3v) is 2.00. The third kappa shape index (κ3) is 3.69. The summed E-state index contributed by atoms with van der Waals surface area (Å²) >= 11 is 5.44. The maximum atomic E-state index is 12.2. The molecule has 1 heterocycles. The second-order valence-electron chi connectivity index (χ2n) is 2.96. The molecule has 0 aliphatic carbocycles. The second-order valence-corrected chi connectivity index (χ2v) is 3.34. The van der Waals surface area contributed by atoms with Gasteiger partial charge in [-0.2, -0.15) is 10.2 Å². The van der Waals surface area contributed by atoms with E-state index >= 15 is 0 Å². The molecule has 0 aliphatic rings. The maximum absolute atomic E-state index is 12.2. The molecule has 1 aromatic heterocycles. The standard InChI is InChI=1S/C9H10ClF2N3O/c10-2-4-15(6-8(11)12)9(16)7-1-3-13-14-5-7/h1,3,5,8H,2,4,6H2.